The van der Waals surface area contributed by atoms with Crippen LogP contribution in [0.3, 0.4) is 0 Å². The maximum absolute atomic E-state index is 0. The van der Waals surface area contributed by atoms with Crippen molar-refractivity contribution in [1.82, 2.24) is 0 Å². The third kappa shape index (κ3) is 10.3. The van der Waals surface area contributed by atoms with Crippen molar-refractivity contribution in [3.8, 4) is 0 Å². The number of hydrogen-bond acceptors (Lipinski definition) is 0. The van der Waals surface area contributed by atoms with Crippen LogP contribution in [0.4, 0.5) is 0 Å². The smallest absolute Gasteiger partial charge is 2.00 e. The van der Waals surface area contributed by atoms with Crippen LogP contribution in [0.25, 0.3) is 0 Å². The van der Waals surface area contributed by atoms with E-state index >= 15 is 0 Å². The van der Waals surface area contributed by atoms with Crippen LogP contribution < -0.4 is 0 Å². The van der Waals surface area contributed by atoms with Gasteiger partial charge in [-0.25, -0.2) is 0 Å². The summed E-state index contributed by atoms with van der Waals surface area (Å²) in [7, 11) is 0. The molecule has 4 heteroatoms. The van der Waals surface area contributed by atoms with Crippen molar-refractivity contribution in [3.63, 3.8) is 0 Å². The van der Waals surface area contributed by atoms with Crippen molar-refractivity contribution in [2.75, 3.05) is 0 Å². The van der Waals surface area contributed by atoms with Crippen LogP contribution in [0.2, 0.25) is 0 Å². The first-order valence-electron chi connectivity index (χ1n) is 0. The Morgan fingerprint density at radius 3 is 0.750 bits per heavy atom. The molecule has 0 aromatic rings. The summed E-state index contributed by atoms with van der Waals surface area (Å²) in [6.45, 7) is 0. The van der Waals surface area contributed by atoms with E-state index in [0.29, 0.717) is 0 Å². The molecule has 0 radical (unpaired) electrons. The van der Waals surface area contributed by atoms with Crippen LogP contribution in [0.1, 0.15) is 0 Å². The van der Waals surface area contributed by atoms with E-state index in [1.54, 1.807) is 0 Å². The molecule has 16 valence electrons. The van der Waals surface area contributed by atoms with Crippen LogP contribution in [-0.2, 0) is 29.5 Å². The van der Waals surface area contributed by atoms with E-state index in [9.17, 15) is 0 Å². The first-order valence-corrected chi connectivity index (χ1v) is 0. The molecule has 0 saturated carbocycles. The van der Waals surface area contributed by atoms with Gasteiger partial charge >= 0.3 is 42.5 Å². The number of hydrogen-bond donors (Lipinski definition) is 0. The molecule has 0 spiro atoms. The molecule has 0 aromatic carbocycles. The predicted molar refractivity (Wildman–Crippen MR) is 7.13 cm³/mol. The second-order valence-electron chi connectivity index (χ2n) is 0. The van der Waals surface area contributed by atoms with Crippen LogP contribution in [0.15, 0.2) is 0 Å². The van der Waals surface area contributed by atoms with E-state index in [-0.39, 0.29) is 53.4 Å². The fraction of sp³-hybridized carbons (Fsp3) is 0. The van der Waals surface area contributed by atoms with Gasteiger partial charge in [0.1, 0.15) is 0 Å². The summed E-state index contributed by atoms with van der Waals surface area (Å²) in [6, 6.07) is 0. The summed E-state index contributed by atoms with van der Waals surface area (Å²) >= 11 is 0. The van der Waals surface area contributed by atoms with Gasteiger partial charge in [0.15, 0.2) is 0 Å². The van der Waals surface area contributed by atoms with Crippen LogP contribution in [0.5, 0.6) is 0 Å². The van der Waals surface area contributed by atoms with Gasteiger partial charge in [0.2, 0.25) is 0 Å². The summed E-state index contributed by atoms with van der Waals surface area (Å²) in [4.78, 5) is 0. The maximum atomic E-state index is 0. The van der Waals surface area contributed by atoms with Crippen molar-refractivity contribution < 1.29 is 29.5 Å². The van der Waals surface area contributed by atoms with E-state index in [2.05, 4.69) is 0 Å². The Labute approximate surface area is 53.4 Å². The molecule has 0 atom stereocenters. The summed E-state index contributed by atoms with van der Waals surface area (Å²) in [5.41, 5.74) is 0. The zero-order valence-electron chi connectivity index (χ0n) is 1.76. The largest absolute Gasteiger partial charge is 5.00 e. The Morgan fingerprint density at radius 2 is 0.750 bits per heavy atom. The van der Waals surface area contributed by atoms with Gasteiger partial charge in [-0.3, -0.25) is 0 Å². The zero-order valence-corrected chi connectivity index (χ0v) is 6.01. The van der Waals surface area contributed by atoms with Crippen molar-refractivity contribution >= 4 is 23.9 Å². The predicted octanol–water partition coefficient (Wildman–Crippen LogP) is -0.621. The Morgan fingerprint density at radius 1 is 0.750 bits per heavy atom. The molecule has 0 N–H and O–H groups in total. The van der Waals surface area contributed by atoms with Gasteiger partial charge in [0, 0.05) is 0 Å². The van der Waals surface area contributed by atoms with Gasteiger partial charge in [0.25, 0.3) is 0 Å². The quantitative estimate of drug-likeness (QED) is 0.469. The molecule has 0 aromatic heterocycles. The molecule has 0 fully saturated rings. The second-order valence-corrected chi connectivity index (χ2v) is 0. The maximum Gasteiger partial charge on any atom is 5.00 e. The SMILES string of the molecule is [O-2].[O-2].[Sn+4].[V+5]. The van der Waals surface area contributed by atoms with Gasteiger partial charge in [-0.1, -0.05) is 0 Å². The van der Waals surface area contributed by atoms with Crippen LogP contribution in [-0.4, -0.2) is 23.9 Å². The molecule has 2 nitrogen and oxygen atoms in total. The summed E-state index contributed by atoms with van der Waals surface area (Å²) in [5, 5.41) is 0. The van der Waals surface area contributed by atoms with E-state index in [1.807, 2.05) is 0 Å². The van der Waals surface area contributed by atoms with E-state index in [4.69, 9.17) is 0 Å². The molecule has 0 unspecified atom stereocenters. The third-order valence-electron chi connectivity index (χ3n) is 0. The molecule has 0 rings (SSSR count). The van der Waals surface area contributed by atoms with Gasteiger partial charge in [-0.05, 0) is 0 Å². The molecule has 0 aliphatic heterocycles. The summed E-state index contributed by atoms with van der Waals surface area (Å²) in [5.74, 6) is 0. The minimum Gasteiger partial charge on any atom is -2.00 e. The van der Waals surface area contributed by atoms with E-state index in [1.165, 1.54) is 0 Å². The minimum atomic E-state index is 0. The van der Waals surface area contributed by atoms with Gasteiger partial charge < -0.3 is 11.0 Å². The normalized spacial score (nSPS) is 0. The number of rotatable bonds is 0. The molecular weight excluding hydrogens is 202 g/mol. The van der Waals surface area contributed by atoms with Gasteiger partial charge in [-0.15, -0.1) is 0 Å². The average molecular weight is 202 g/mol. The Bertz CT molecular complexity index is 6.00. The van der Waals surface area contributed by atoms with Crippen molar-refractivity contribution in [2.45, 2.75) is 0 Å². The molecule has 0 saturated heterocycles. The van der Waals surface area contributed by atoms with Crippen molar-refractivity contribution in [3.05, 3.63) is 0 Å². The molecule has 0 bridgehead atoms. The van der Waals surface area contributed by atoms with E-state index < -0.39 is 0 Å². The standard InChI is InChI=1S/2O.Sn.V/q2*-2;+4;+5. The van der Waals surface area contributed by atoms with Crippen molar-refractivity contribution in [1.29, 1.82) is 0 Å². The molecule has 0 heterocycles. The van der Waals surface area contributed by atoms with Gasteiger partial charge in [-0.2, -0.15) is 0 Å². The third-order valence-corrected chi connectivity index (χ3v) is 0. The first-order chi connectivity index (χ1) is 0. The average Bonchev–Trinajstić information content (AvgIpc) is 0. The summed E-state index contributed by atoms with van der Waals surface area (Å²) < 4.78 is 0. The molecule has 0 aliphatic carbocycles. The molecule has 4 heavy (non-hydrogen) atoms. The molecular formula is O2SnV+5. The Kier molecular flexibility index (Phi) is 400. The molecule has 0 aliphatic rings. The zero-order chi connectivity index (χ0) is 0. The minimum absolute atomic E-state index is 0. The second kappa shape index (κ2) is 27.6. The van der Waals surface area contributed by atoms with E-state index in [0.717, 1.165) is 0 Å². The van der Waals surface area contributed by atoms with Crippen molar-refractivity contribution in [2.24, 2.45) is 0 Å². The Hall–Kier alpha value is 1.30. The van der Waals surface area contributed by atoms with Gasteiger partial charge in [0.05, 0.1) is 0 Å². The summed E-state index contributed by atoms with van der Waals surface area (Å²) in [6.07, 6.45) is 0. The van der Waals surface area contributed by atoms with Crippen LogP contribution in [0, 0.1) is 0 Å². The first kappa shape index (κ1) is 57.8. The van der Waals surface area contributed by atoms with Crippen LogP contribution >= 0.6 is 0 Å². The fourth-order valence-electron chi connectivity index (χ4n) is 0. The topological polar surface area (TPSA) is 57.0 Å². The fourth-order valence-corrected chi connectivity index (χ4v) is 0. The monoisotopic (exact) mass is 203 g/mol. The molecule has 0 amide bonds. The Balaban J connectivity index is 0.